The van der Waals surface area contributed by atoms with Gasteiger partial charge in [-0.15, -0.1) is 0 Å². The normalized spacial score (nSPS) is 11.3. The van der Waals surface area contributed by atoms with Crippen LogP contribution in [0.4, 0.5) is 4.39 Å². The number of carbonyl (C=O) groups is 1. The van der Waals surface area contributed by atoms with E-state index in [1.165, 1.54) is 6.07 Å². The second-order valence-corrected chi connectivity index (χ2v) is 7.52. The lowest BCUT2D eigenvalue weighted by atomic mass is 10.1. The Morgan fingerprint density at radius 3 is 2.61 bits per heavy atom. The molecule has 158 valence electrons. The van der Waals surface area contributed by atoms with E-state index in [1.807, 2.05) is 42.3 Å². The number of benzene rings is 2. The lowest BCUT2D eigenvalue weighted by Crippen LogP contribution is -2.21. The summed E-state index contributed by atoms with van der Waals surface area (Å²) in [5.74, 6) is -0.0225. The van der Waals surface area contributed by atoms with Crippen LogP contribution in [0.1, 0.15) is 23.4 Å². The van der Waals surface area contributed by atoms with E-state index in [2.05, 4.69) is 9.97 Å². The number of furan rings is 1. The van der Waals surface area contributed by atoms with Gasteiger partial charge in [0.15, 0.2) is 0 Å². The smallest absolute Gasteiger partial charge is 0.304 e. The molecular formula is C24H22FN3O3. The SMILES string of the molecule is CN(CCC(=O)O)Cc1ccc(-c2cc3cc(Cc4ncccn4)ccc3o2)c(F)c1. The molecule has 0 aliphatic carbocycles. The van der Waals surface area contributed by atoms with Gasteiger partial charge in [-0.2, -0.15) is 0 Å². The molecule has 0 unspecified atom stereocenters. The summed E-state index contributed by atoms with van der Waals surface area (Å²) in [6, 6.07) is 14.5. The average molecular weight is 419 g/mol. The third-order valence-corrected chi connectivity index (χ3v) is 5.02. The fourth-order valence-electron chi connectivity index (χ4n) is 3.47. The Morgan fingerprint density at radius 1 is 1.10 bits per heavy atom. The first-order valence-corrected chi connectivity index (χ1v) is 9.95. The van der Waals surface area contributed by atoms with Crippen LogP contribution >= 0.6 is 0 Å². The van der Waals surface area contributed by atoms with Crippen LogP contribution in [0, 0.1) is 5.82 Å². The van der Waals surface area contributed by atoms with Crippen molar-refractivity contribution < 1.29 is 18.7 Å². The van der Waals surface area contributed by atoms with E-state index < -0.39 is 5.97 Å². The quantitative estimate of drug-likeness (QED) is 0.452. The van der Waals surface area contributed by atoms with Gasteiger partial charge in [0.2, 0.25) is 0 Å². The zero-order valence-corrected chi connectivity index (χ0v) is 17.1. The molecule has 2 aromatic carbocycles. The highest BCUT2D eigenvalue weighted by molar-refractivity contribution is 5.83. The maximum absolute atomic E-state index is 14.8. The Labute approximate surface area is 179 Å². The van der Waals surface area contributed by atoms with Crippen molar-refractivity contribution in [1.29, 1.82) is 0 Å². The van der Waals surface area contributed by atoms with Gasteiger partial charge in [-0.25, -0.2) is 14.4 Å². The molecule has 0 spiro atoms. The number of aromatic nitrogens is 2. The summed E-state index contributed by atoms with van der Waals surface area (Å²) >= 11 is 0. The number of carboxylic acids is 1. The van der Waals surface area contributed by atoms with Crippen molar-refractivity contribution in [3.8, 4) is 11.3 Å². The summed E-state index contributed by atoms with van der Waals surface area (Å²) in [5.41, 5.74) is 2.90. The van der Waals surface area contributed by atoms with Gasteiger partial charge in [0.1, 0.15) is 23.0 Å². The summed E-state index contributed by atoms with van der Waals surface area (Å²) < 4.78 is 20.7. The number of hydrogen-bond acceptors (Lipinski definition) is 5. The van der Waals surface area contributed by atoms with Gasteiger partial charge in [-0.05, 0) is 54.6 Å². The van der Waals surface area contributed by atoms with E-state index in [-0.39, 0.29) is 12.2 Å². The molecule has 0 radical (unpaired) electrons. The van der Waals surface area contributed by atoms with E-state index in [4.69, 9.17) is 9.52 Å². The first-order chi connectivity index (χ1) is 15.0. The lowest BCUT2D eigenvalue weighted by Gasteiger charge is -2.15. The summed E-state index contributed by atoms with van der Waals surface area (Å²) in [7, 11) is 1.81. The van der Waals surface area contributed by atoms with Crippen LogP contribution in [-0.2, 0) is 17.8 Å². The standard InChI is InChI=1S/C24H22FN3O3/c1-28(10-7-24(29)30)15-17-3-5-19(20(25)12-17)22-14-18-11-16(4-6-21(18)31-22)13-23-26-8-2-9-27-23/h2-6,8-9,11-12,14H,7,10,13,15H2,1H3,(H,29,30). The Bertz CT molecular complexity index is 1210. The van der Waals surface area contributed by atoms with Crippen LogP contribution < -0.4 is 0 Å². The number of carboxylic acid groups (broad SMARTS) is 1. The number of fused-ring (bicyclic) bond motifs is 1. The van der Waals surface area contributed by atoms with Gasteiger partial charge in [-0.1, -0.05) is 12.1 Å². The minimum Gasteiger partial charge on any atom is -0.481 e. The maximum Gasteiger partial charge on any atom is 0.304 e. The molecule has 4 aromatic rings. The van der Waals surface area contributed by atoms with Crippen LogP contribution in [0.3, 0.4) is 0 Å². The van der Waals surface area contributed by atoms with Crippen molar-refractivity contribution in [2.75, 3.05) is 13.6 Å². The van der Waals surface area contributed by atoms with Gasteiger partial charge in [-0.3, -0.25) is 4.79 Å². The molecular weight excluding hydrogens is 397 g/mol. The first kappa shape index (κ1) is 20.7. The van der Waals surface area contributed by atoms with E-state index >= 15 is 0 Å². The highest BCUT2D eigenvalue weighted by Gasteiger charge is 2.13. The van der Waals surface area contributed by atoms with Gasteiger partial charge in [0.25, 0.3) is 0 Å². The Hall–Kier alpha value is -3.58. The number of aliphatic carboxylic acids is 1. The number of hydrogen-bond donors (Lipinski definition) is 1. The maximum atomic E-state index is 14.8. The van der Waals surface area contributed by atoms with Gasteiger partial charge < -0.3 is 14.4 Å². The Kier molecular flexibility index (Phi) is 6.04. The molecule has 0 fully saturated rings. The van der Waals surface area contributed by atoms with Gasteiger partial charge >= 0.3 is 5.97 Å². The van der Waals surface area contributed by atoms with Crippen LogP contribution in [0.5, 0.6) is 0 Å². The summed E-state index contributed by atoms with van der Waals surface area (Å²) in [6.07, 6.45) is 4.09. The monoisotopic (exact) mass is 419 g/mol. The third kappa shape index (κ3) is 5.13. The summed E-state index contributed by atoms with van der Waals surface area (Å²) in [4.78, 5) is 21.0. The van der Waals surface area contributed by atoms with E-state index in [1.54, 1.807) is 24.5 Å². The van der Waals surface area contributed by atoms with Crippen molar-refractivity contribution in [3.63, 3.8) is 0 Å². The zero-order chi connectivity index (χ0) is 21.8. The molecule has 0 saturated heterocycles. The van der Waals surface area contributed by atoms with Gasteiger partial charge in [0.05, 0.1) is 12.0 Å². The minimum absolute atomic E-state index is 0.0500. The predicted molar refractivity (Wildman–Crippen MR) is 115 cm³/mol. The number of nitrogens with zero attached hydrogens (tertiary/aromatic N) is 3. The second-order valence-electron chi connectivity index (χ2n) is 7.52. The summed E-state index contributed by atoms with van der Waals surface area (Å²) in [6.45, 7) is 0.869. The topological polar surface area (TPSA) is 79.5 Å². The van der Waals surface area contributed by atoms with Crippen molar-refractivity contribution >= 4 is 16.9 Å². The fraction of sp³-hybridized carbons (Fsp3) is 0.208. The number of rotatable bonds is 8. The lowest BCUT2D eigenvalue weighted by molar-refractivity contribution is -0.137. The average Bonchev–Trinajstić information content (AvgIpc) is 3.16. The molecule has 0 aliphatic rings. The minimum atomic E-state index is -0.849. The van der Waals surface area contributed by atoms with Crippen molar-refractivity contribution in [2.24, 2.45) is 0 Å². The second kappa shape index (κ2) is 9.06. The number of halogens is 1. The fourth-order valence-corrected chi connectivity index (χ4v) is 3.47. The van der Waals surface area contributed by atoms with Crippen molar-refractivity contribution in [3.05, 3.63) is 83.7 Å². The van der Waals surface area contributed by atoms with Crippen molar-refractivity contribution in [2.45, 2.75) is 19.4 Å². The Balaban J connectivity index is 1.52. The van der Waals surface area contributed by atoms with Crippen LogP contribution in [-0.4, -0.2) is 39.5 Å². The summed E-state index contributed by atoms with van der Waals surface area (Å²) in [5, 5.41) is 9.67. The molecule has 2 heterocycles. The molecule has 2 aromatic heterocycles. The molecule has 0 atom stereocenters. The van der Waals surface area contributed by atoms with E-state index in [0.717, 1.165) is 22.3 Å². The van der Waals surface area contributed by atoms with Gasteiger partial charge in [0, 0.05) is 37.3 Å². The molecule has 4 rings (SSSR count). The molecule has 0 saturated carbocycles. The highest BCUT2D eigenvalue weighted by Crippen LogP contribution is 2.31. The predicted octanol–water partition coefficient (Wildman–Crippen LogP) is 4.53. The molecule has 0 aliphatic heterocycles. The largest absolute Gasteiger partial charge is 0.481 e. The van der Waals surface area contributed by atoms with Crippen molar-refractivity contribution in [1.82, 2.24) is 14.9 Å². The Morgan fingerprint density at radius 2 is 1.87 bits per heavy atom. The molecule has 7 heteroatoms. The van der Waals surface area contributed by atoms with Crippen LogP contribution in [0.15, 0.2) is 65.3 Å². The van der Waals surface area contributed by atoms with E-state index in [0.29, 0.717) is 36.4 Å². The first-order valence-electron chi connectivity index (χ1n) is 9.95. The molecule has 1 N–H and O–H groups in total. The molecule has 0 amide bonds. The van der Waals surface area contributed by atoms with Crippen LogP contribution in [0.25, 0.3) is 22.3 Å². The highest BCUT2D eigenvalue weighted by atomic mass is 19.1. The van der Waals surface area contributed by atoms with Crippen LogP contribution in [0.2, 0.25) is 0 Å². The molecule has 31 heavy (non-hydrogen) atoms. The van der Waals surface area contributed by atoms with E-state index in [9.17, 15) is 9.18 Å². The molecule has 0 bridgehead atoms. The third-order valence-electron chi connectivity index (χ3n) is 5.02. The molecule has 6 nitrogen and oxygen atoms in total. The zero-order valence-electron chi connectivity index (χ0n) is 17.1.